The van der Waals surface area contributed by atoms with Crippen LogP contribution in [0.4, 0.5) is 30.7 Å². The molecule has 5 rings (SSSR count). The van der Waals surface area contributed by atoms with Crippen LogP contribution in [0.5, 0.6) is 0 Å². The summed E-state index contributed by atoms with van der Waals surface area (Å²) >= 11 is 0. The van der Waals surface area contributed by atoms with Crippen LogP contribution in [-0.4, -0.2) is 11.8 Å². The zero-order chi connectivity index (χ0) is 27.3. The third-order valence-corrected chi connectivity index (χ3v) is 8.03. The number of ketones is 1. The molecule has 200 valence electrons. The van der Waals surface area contributed by atoms with E-state index < -0.39 is 51.6 Å². The molecule has 0 aliphatic carbocycles. The average molecular weight is 536 g/mol. The molecule has 3 aromatic rings. The highest BCUT2D eigenvalue weighted by atomic mass is 19.4. The van der Waals surface area contributed by atoms with E-state index in [0.717, 1.165) is 5.56 Å². The van der Waals surface area contributed by atoms with Gasteiger partial charge < -0.3 is 5.32 Å². The van der Waals surface area contributed by atoms with Crippen molar-refractivity contribution in [2.24, 2.45) is 5.41 Å². The Bertz CT molecular complexity index is 1300. The molecule has 3 aromatic carbocycles. The molecule has 2 heterocycles. The van der Waals surface area contributed by atoms with Crippen molar-refractivity contribution in [3.8, 4) is 0 Å². The molecule has 3 unspecified atom stereocenters. The van der Waals surface area contributed by atoms with Crippen molar-refractivity contribution in [1.29, 1.82) is 0 Å². The molecule has 2 saturated heterocycles. The summed E-state index contributed by atoms with van der Waals surface area (Å²) in [5.74, 6) is -1.29. The Kier molecular flexibility index (Phi) is 6.41. The minimum Gasteiger partial charge on any atom is -0.304 e. The Balaban J connectivity index is 1.75. The lowest BCUT2D eigenvalue weighted by molar-refractivity contribution is -0.143. The third-order valence-electron chi connectivity index (χ3n) is 8.03. The zero-order valence-electron chi connectivity index (χ0n) is 20.1. The molecule has 1 N–H and O–H groups in total. The predicted octanol–water partition coefficient (Wildman–Crippen LogP) is 7.72. The summed E-state index contributed by atoms with van der Waals surface area (Å²) in [6.07, 6.45) is -8.23. The fourth-order valence-corrected chi connectivity index (χ4v) is 6.28. The van der Waals surface area contributed by atoms with Crippen LogP contribution in [0.2, 0.25) is 0 Å². The molecular weight excluding hydrogens is 511 g/mol. The maximum atomic E-state index is 14.5. The number of nitrogens with one attached hydrogen (secondary N) is 1. The highest BCUT2D eigenvalue weighted by Gasteiger charge is 2.62. The van der Waals surface area contributed by atoms with Crippen LogP contribution >= 0.6 is 0 Å². The topological polar surface area (TPSA) is 29.1 Å². The van der Waals surface area contributed by atoms with Crippen LogP contribution < -0.4 is 5.32 Å². The highest BCUT2D eigenvalue weighted by Crippen LogP contribution is 2.57. The maximum absolute atomic E-state index is 14.5. The summed E-state index contributed by atoms with van der Waals surface area (Å²) in [4.78, 5) is 14.5. The number of carbonyl (C=O) groups excluding carboxylic acids is 1. The van der Waals surface area contributed by atoms with Crippen LogP contribution in [0.1, 0.15) is 58.3 Å². The van der Waals surface area contributed by atoms with Crippen molar-refractivity contribution >= 4 is 5.78 Å². The number of Topliss-reactive ketones (excluding diaryl/α,β-unsaturated/α-hetero) is 1. The van der Waals surface area contributed by atoms with Gasteiger partial charge in [0.25, 0.3) is 0 Å². The van der Waals surface area contributed by atoms with Crippen molar-refractivity contribution in [3.63, 3.8) is 0 Å². The summed E-state index contributed by atoms with van der Waals surface area (Å²) in [7, 11) is 0. The van der Waals surface area contributed by atoms with Gasteiger partial charge in [-0.15, -0.1) is 0 Å². The molecule has 3 atom stereocenters. The smallest absolute Gasteiger partial charge is 0.304 e. The quantitative estimate of drug-likeness (QED) is 0.268. The van der Waals surface area contributed by atoms with E-state index in [4.69, 9.17) is 0 Å². The molecule has 9 heteroatoms. The van der Waals surface area contributed by atoms with E-state index in [1.807, 2.05) is 0 Å². The molecule has 0 radical (unpaired) electrons. The van der Waals surface area contributed by atoms with Gasteiger partial charge in [0.1, 0.15) is 5.82 Å². The molecule has 38 heavy (non-hydrogen) atoms. The Hall–Kier alpha value is -3.20. The third kappa shape index (κ3) is 4.51. The first kappa shape index (κ1) is 26.4. The highest BCUT2D eigenvalue weighted by molar-refractivity contribution is 6.02. The maximum Gasteiger partial charge on any atom is 0.416 e. The minimum absolute atomic E-state index is 0.0176. The van der Waals surface area contributed by atoms with E-state index in [1.54, 1.807) is 30.3 Å². The van der Waals surface area contributed by atoms with Crippen molar-refractivity contribution < 1.29 is 35.5 Å². The van der Waals surface area contributed by atoms with Crippen LogP contribution in [0.15, 0.2) is 72.8 Å². The number of hydrogen-bond acceptors (Lipinski definition) is 2. The number of fused-ring (bicyclic) bond motifs is 2. The number of alkyl halides is 6. The fourth-order valence-electron chi connectivity index (χ4n) is 6.28. The molecule has 0 aromatic heterocycles. The Morgan fingerprint density at radius 2 is 1.39 bits per heavy atom. The van der Waals surface area contributed by atoms with E-state index in [2.05, 4.69) is 5.32 Å². The van der Waals surface area contributed by atoms with Gasteiger partial charge in [0.05, 0.1) is 22.1 Å². The summed E-state index contributed by atoms with van der Waals surface area (Å²) in [6, 6.07) is 15.5. The average Bonchev–Trinajstić information content (AvgIpc) is 3.25. The van der Waals surface area contributed by atoms with Gasteiger partial charge in [-0.25, -0.2) is 4.39 Å². The van der Waals surface area contributed by atoms with Crippen molar-refractivity contribution in [2.75, 3.05) is 0 Å². The minimum atomic E-state index is -5.08. The monoisotopic (exact) mass is 535 g/mol. The van der Waals surface area contributed by atoms with Crippen molar-refractivity contribution in [1.82, 2.24) is 5.32 Å². The zero-order valence-corrected chi connectivity index (χ0v) is 20.1. The van der Waals surface area contributed by atoms with Gasteiger partial charge in [-0.3, -0.25) is 4.79 Å². The summed E-state index contributed by atoms with van der Waals surface area (Å²) < 4.78 is 96.0. The van der Waals surface area contributed by atoms with Gasteiger partial charge in [0, 0.05) is 11.6 Å². The van der Waals surface area contributed by atoms with Gasteiger partial charge >= 0.3 is 12.4 Å². The number of carbonyl (C=O) groups is 1. The van der Waals surface area contributed by atoms with Crippen LogP contribution in [0.25, 0.3) is 0 Å². The SMILES string of the molecule is O=C(c1cc(C(F)(F)F)cc(C(F)(F)F)c1)C1(Cc2ccccc2)CCC2CCC1(c1ccc(F)cc1)N2. The second-order valence-corrected chi connectivity index (χ2v) is 10.2. The lowest BCUT2D eigenvalue weighted by Gasteiger charge is -2.52. The standard InChI is InChI=1S/C29H24F7NO/c30-23-8-6-20(7-9-23)27-13-11-24(37-27)10-12-26(27,17-18-4-2-1-3-5-18)25(38)19-14-21(28(31,32)33)16-22(15-19)29(34,35)36/h1-9,14-16,24,37H,10-13,17H2. The van der Waals surface area contributed by atoms with Crippen LogP contribution in [0, 0.1) is 11.2 Å². The molecule has 2 fully saturated rings. The van der Waals surface area contributed by atoms with E-state index in [9.17, 15) is 35.5 Å². The number of benzene rings is 3. The number of piperidine rings is 1. The number of rotatable bonds is 5. The molecule has 0 spiro atoms. The summed E-state index contributed by atoms with van der Waals surface area (Å²) in [5, 5.41) is 3.50. The Labute approximate surface area is 214 Å². The van der Waals surface area contributed by atoms with Crippen LogP contribution in [-0.2, 0) is 24.3 Å². The van der Waals surface area contributed by atoms with Gasteiger partial charge in [-0.05, 0) is 73.6 Å². The lowest BCUT2D eigenvalue weighted by atomic mass is 9.56. The second kappa shape index (κ2) is 9.22. The number of hydrogen-bond donors (Lipinski definition) is 1. The second-order valence-electron chi connectivity index (χ2n) is 10.2. The van der Waals surface area contributed by atoms with E-state index in [1.165, 1.54) is 24.3 Å². The van der Waals surface area contributed by atoms with Crippen molar-refractivity contribution in [2.45, 2.75) is 56.0 Å². The van der Waals surface area contributed by atoms with Gasteiger partial charge in [0.15, 0.2) is 5.78 Å². The molecular formula is C29H24F7NO. The van der Waals surface area contributed by atoms with E-state index >= 15 is 0 Å². The predicted molar refractivity (Wildman–Crippen MR) is 127 cm³/mol. The molecule has 2 aliphatic rings. The van der Waals surface area contributed by atoms with Gasteiger partial charge in [-0.1, -0.05) is 42.5 Å². The first-order valence-corrected chi connectivity index (χ1v) is 12.3. The summed E-state index contributed by atoms with van der Waals surface area (Å²) in [6.45, 7) is 0. The molecule has 2 aliphatic heterocycles. The summed E-state index contributed by atoms with van der Waals surface area (Å²) in [5.41, 5.74) is -4.94. The van der Waals surface area contributed by atoms with Gasteiger partial charge in [0.2, 0.25) is 0 Å². The largest absolute Gasteiger partial charge is 0.416 e. The molecule has 2 bridgehead atoms. The first-order chi connectivity index (χ1) is 17.8. The van der Waals surface area contributed by atoms with E-state index in [0.29, 0.717) is 37.0 Å². The van der Waals surface area contributed by atoms with Crippen molar-refractivity contribution in [3.05, 3.63) is 106 Å². The molecule has 0 amide bonds. The molecule has 0 saturated carbocycles. The molecule has 2 nitrogen and oxygen atoms in total. The lowest BCUT2D eigenvalue weighted by Crippen LogP contribution is -2.62. The van der Waals surface area contributed by atoms with Gasteiger partial charge in [-0.2, -0.15) is 26.3 Å². The first-order valence-electron chi connectivity index (χ1n) is 12.3. The Morgan fingerprint density at radius 1 is 0.816 bits per heavy atom. The normalized spacial score (nSPS) is 25.4. The van der Waals surface area contributed by atoms with Crippen LogP contribution in [0.3, 0.4) is 0 Å². The van der Waals surface area contributed by atoms with E-state index in [-0.39, 0.29) is 24.9 Å². The number of halogens is 7. The Morgan fingerprint density at radius 3 is 1.97 bits per heavy atom. The fraction of sp³-hybridized carbons (Fsp3) is 0.345.